The van der Waals surface area contributed by atoms with E-state index in [1.165, 1.54) is 35.5 Å². The number of piperidine rings is 3. The first-order valence-corrected chi connectivity index (χ1v) is 46.5. The van der Waals surface area contributed by atoms with Crippen LogP contribution in [-0.2, 0) is 86.1 Å². The summed E-state index contributed by atoms with van der Waals surface area (Å²) in [5, 5.41) is 23.2. The van der Waals surface area contributed by atoms with Crippen LogP contribution in [0, 0.1) is 85.8 Å². The van der Waals surface area contributed by atoms with E-state index >= 15 is 0 Å². The molecule has 15 amide bonds. The highest BCUT2D eigenvalue weighted by atomic mass is 35.5. The fourth-order valence-electron chi connectivity index (χ4n) is 18.4. The number of halogens is 5. The van der Waals surface area contributed by atoms with E-state index in [1.54, 1.807) is 125 Å². The lowest BCUT2D eigenvalue weighted by molar-refractivity contribution is -0.170. The average molecular weight is 1910 g/mol. The Balaban J connectivity index is 0.000000271. The standard InChI is InChI=1S/C31H48F3N5O7.C30H47Cl2N5O7.C30H49N5O7/c1-28(2,3)22(38-27(45)37-18(13-31(32,33)34)26(44)46-29(4,5)6)25(43)39-14-16-19(30(16,7)8)20(39)24(42)36-17(21(40)23(35)41)12-15-10-9-11-15;1-14(2)44-26(42)22(29(6,7)8)36-27(43)35-21(28(3,4)5)25(41)37-13-16-18(30(16,31)32)19(37)24(40)34-17(20(38)23(33)39)12-15-10-9-11-15;1-10-17(26(40)42-29(5,6)7)33-27(41)34-22(28(2,3)4)25(39)35-14-16-19(30(16,8)9)20(35)24(38)32-18(13-15-11-12-15)21(36)23(31)37/h15-20,22H,9-14H2,1-8H3,(H2,35,41)(H,36,42)(H2,37,38,45);14-19,21-22H,9-13H2,1-8H3,(H2,33,39)(H,34,40)(H2,35,36,43);15-20,22H,10-14H2,1-9H3,(H2,31,37)(H,32,38)(H2,33,34,41)/t16-,17?,18?,19-,20-,22+;16-,17?,18-,19-,21+,22+;16-,17-,18?,19-,20-,22+/m000/s1. The molecule has 3 heterocycles. The summed E-state index contributed by atoms with van der Waals surface area (Å²) < 4.78 is 54.5. The zero-order valence-corrected chi connectivity index (χ0v) is 82.6. The molecule has 18 atom stereocenters. The summed E-state index contributed by atoms with van der Waals surface area (Å²) in [5.41, 5.74) is 10.2. The smallest absolute Gasteiger partial charge is 0.391 e. The second-order valence-corrected chi connectivity index (χ2v) is 46.5. The van der Waals surface area contributed by atoms with Gasteiger partial charge in [-0.15, -0.1) is 23.2 Å². The number of carbonyl (C=O) groups excluding carboxylic acids is 18. The summed E-state index contributed by atoms with van der Waals surface area (Å²) in [4.78, 5) is 238. The van der Waals surface area contributed by atoms with Crippen LogP contribution < -0.4 is 65.1 Å². The Morgan fingerprint density at radius 3 is 0.932 bits per heavy atom. The molecule has 3 saturated heterocycles. The highest BCUT2D eigenvalue weighted by molar-refractivity contribution is 6.51. The quantitative estimate of drug-likeness (QED) is 0.0142. The lowest BCUT2D eigenvalue weighted by Gasteiger charge is -2.38. The second kappa shape index (κ2) is 41.2. The molecule has 3 aliphatic heterocycles. The number of nitrogens with one attached hydrogen (secondary N) is 9. The molecule has 0 aromatic rings. The number of alkyl halides is 5. The van der Waals surface area contributed by atoms with Crippen LogP contribution in [0.15, 0.2) is 0 Å². The maximum atomic E-state index is 14.1. The predicted molar refractivity (Wildman–Crippen MR) is 479 cm³/mol. The van der Waals surface area contributed by atoms with Crippen LogP contribution in [0.2, 0.25) is 0 Å². The van der Waals surface area contributed by atoms with Crippen molar-refractivity contribution < 1.29 is 114 Å². The molecule has 6 saturated carbocycles. The first-order valence-electron chi connectivity index (χ1n) is 45.7. The lowest BCUT2D eigenvalue weighted by Crippen LogP contribution is -2.63. The van der Waals surface area contributed by atoms with E-state index in [9.17, 15) is 99.5 Å². The van der Waals surface area contributed by atoms with Gasteiger partial charge < -0.3 is 94.0 Å². The summed E-state index contributed by atoms with van der Waals surface area (Å²) in [6.45, 7) is 44.1. The number of ether oxygens (including phenoxy) is 3. The van der Waals surface area contributed by atoms with Gasteiger partial charge in [0.05, 0.1) is 30.7 Å². The van der Waals surface area contributed by atoms with E-state index in [0.717, 1.165) is 51.4 Å². The number of Topliss-reactive ketones (excluding diaryl/α,β-unsaturated/α-hetero) is 3. The van der Waals surface area contributed by atoms with Gasteiger partial charge in [0.2, 0.25) is 52.8 Å². The Morgan fingerprint density at radius 2 is 0.667 bits per heavy atom. The first kappa shape index (κ1) is 110. The van der Waals surface area contributed by atoms with E-state index in [4.69, 9.17) is 54.6 Å². The van der Waals surface area contributed by atoms with Crippen LogP contribution in [0.5, 0.6) is 0 Å². The number of amides is 15. The number of rotatable bonds is 33. The minimum absolute atomic E-state index is 0.0485. The van der Waals surface area contributed by atoms with Gasteiger partial charge in [0.1, 0.15) is 69.9 Å². The summed E-state index contributed by atoms with van der Waals surface area (Å²) in [6, 6.07) is -16.5. The van der Waals surface area contributed by atoms with Crippen LogP contribution in [-0.4, -0.2) is 241 Å². The van der Waals surface area contributed by atoms with Gasteiger partial charge >= 0.3 is 42.2 Å². The maximum absolute atomic E-state index is 14.1. The van der Waals surface area contributed by atoms with Gasteiger partial charge in [0, 0.05) is 31.5 Å². The normalized spacial score (nSPS) is 24.7. The molecule has 0 aromatic heterocycles. The number of esters is 3. The zero-order valence-electron chi connectivity index (χ0n) is 81.1. The van der Waals surface area contributed by atoms with Crippen molar-refractivity contribution in [2.24, 2.45) is 103 Å². The average Bonchev–Trinajstić information content (AvgIpc) is 1.53. The predicted octanol–water partition coefficient (Wildman–Crippen LogP) is 6.65. The molecule has 0 bridgehead atoms. The molecule has 41 heteroatoms. The van der Waals surface area contributed by atoms with Crippen molar-refractivity contribution in [3.8, 4) is 0 Å². The van der Waals surface area contributed by atoms with Gasteiger partial charge in [-0.05, 0) is 155 Å². The molecular formula is C91H144Cl2F3N15O21. The number of hydrogen-bond donors (Lipinski definition) is 12. The number of urea groups is 3. The van der Waals surface area contributed by atoms with Crippen molar-refractivity contribution in [2.75, 3.05) is 19.6 Å². The number of likely N-dealkylation sites (tertiary alicyclic amines) is 3. The Morgan fingerprint density at radius 1 is 0.386 bits per heavy atom. The number of nitrogens with zero attached hydrogens (tertiary/aromatic N) is 3. The molecule has 9 rings (SSSR count). The molecular weight excluding hydrogens is 1770 g/mol. The van der Waals surface area contributed by atoms with Crippen molar-refractivity contribution in [3.05, 3.63) is 0 Å². The number of carbonyl (C=O) groups is 18. The molecule has 0 aromatic carbocycles. The molecule has 9 aliphatic rings. The monoisotopic (exact) mass is 1910 g/mol. The number of nitrogens with two attached hydrogens (primary N) is 3. The van der Waals surface area contributed by atoms with E-state index in [1.807, 2.05) is 33.0 Å². The van der Waals surface area contributed by atoms with Crippen molar-refractivity contribution in [1.29, 1.82) is 0 Å². The largest absolute Gasteiger partial charge is 0.461 e. The highest BCUT2D eigenvalue weighted by Gasteiger charge is 2.75. The maximum Gasteiger partial charge on any atom is 0.391 e. The number of fused-ring (bicyclic) bond motifs is 3. The minimum Gasteiger partial charge on any atom is -0.461 e. The molecule has 6 aliphatic carbocycles. The van der Waals surface area contributed by atoms with E-state index < -0.39 is 247 Å². The van der Waals surface area contributed by atoms with Crippen molar-refractivity contribution in [3.63, 3.8) is 0 Å². The van der Waals surface area contributed by atoms with Crippen molar-refractivity contribution >= 4 is 130 Å². The van der Waals surface area contributed by atoms with Crippen molar-refractivity contribution in [1.82, 2.24) is 62.6 Å². The molecule has 9 fully saturated rings. The fourth-order valence-corrected chi connectivity index (χ4v) is 19.2. The summed E-state index contributed by atoms with van der Waals surface area (Å²) in [7, 11) is 0. The van der Waals surface area contributed by atoms with Crippen LogP contribution >= 0.6 is 23.2 Å². The number of ketones is 3. The van der Waals surface area contributed by atoms with Crippen LogP contribution in [0.1, 0.15) is 257 Å². The van der Waals surface area contributed by atoms with Crippen LogP contribution in [0.25, 0.3) is 0 Å². The molecule has 36 nitrogen and oxygen atoms in total. The van der Waals surface area contributed by atoms with Gasteiger partial charge in [-0.1, -0.05) is 169 Å². The first-order chi connectivity index (χ1) is 60.1. The number of primary amides is 3. The summed E-state index contributed by atoms with van der Waals surface area (Å²) >= 11 is 13.0. The molecule has 132 heavy (non-hydrogen) atoms. The van der Waals surface area contributed by atoms with Gasteiger partial charge in [-0.25, -0.2) is 28.8 Å². The van der Waals surface area contributed by atoms with E-state index in [0.29, 0.717) is 13.0 Å². The molecule has 0 spiro atoms. The highest BCUT2D eigenvalue weighted by Crippen LogP contribution is 2.67. The van der Waals surface area contributed by atoms with E-state index in [-0.39, 0.29) is 84.6 Å². The SMILES string of the molecule is CC(C)(C)OC(=O)C(CC(F)(F)F)NC(=O)N[C@H](C(=O)N1C[C@H]2[C@@H]([C@H]1C(=O)NC(CC1CCC1)C(=O)C(N)=O)C2(C)C)C(C)(C)C.CC(C)OC(=O)[C@@H](NC(=O)N[C@H](C(=O)N1C[C@H]2[C@@H]([C@H]1C(=O)NC(CC1CCC1)C(=O)C(N)=O)C2(Cl)Cl)C(C)(C)C)C(C)(C)C.CC[C@H](NC(=O)N[C@H](C(=O)N1C[C@H]2[C@@H]([C@H]1C(=O)NC(CC1CC1)C(=O)C(N)=O)C2(C)C)C(C)(C)C)C(=O)OC(C)(C)C. The molecule has 4 unspecified atom stereocenters. The van der Waals surface area contributed by atoms with E-state index in [2.05, 4.69) is 42.5 Å². The summed E-state index contributed by atoms with van der Waals surface area (Å²) in [5.74, 6) is -13.0. The number of hydrogen-bond acceptors (Lipinski definition) is 21. The minimum atomic E-state index is -4.82. The molecule has 15 N–H and O–H groups in total. The third kappa shape index (κ3) is 28.0. The van der Waals surface area contributed by atoms with Gasteiger partial charge in [0.15, 0.2) is 0 Å². The zero-order chi connectivity index (χ0) is 101. The van der Waals surface area contributed by atoms with Crippen LogP contribution in [0.4, 0.5) is 27.6 Å². The molecule has 0 radical (unpaired) electrons. The fraction of sp³-hybridized carbons (Fsp3) is 0.802. The second-order valence-electron chi connectivity index (χ2n) is 45.1. The van der Waals surface area contributed by atoms with Gasteiger partial charge in [0.25, 0.3) is 17.7 Å². The Hall–Kier alpha value is -9.17. The Bertz CT molecular complexity index is 4400. The van der Waals surface area contributed by atoms with Gasteiger partial charge in [-0.3, -0.25) is 57.5 Å². The third-order valence-electron chi connectivity index (χ3n) is 26.6. The third-order valence-corrected chi connectivity index (χ3v) is 27.7. The molecule has 744 valence electrons. The Kier molecular flexibility index (Phi) is 34.3. The lowest BCUT2D eigenvalue weighted by atomic mass is 9.80. The van der Waals surface area contributed by atoms with Crippen LogP contribution in [0.3, 0.4) is 0 Å². The topological polar surface area (TPSA) is 531 Å². The van der Waals surface area contributed by atoms with Crippen molar-refractivity contribution in [2.45, 2.75) is 357 Å². The summed E-state index contributed by atoms with van der Waals surface area (Å²) in [6.07, 6.45) is 1.46. The van der Waals surface area contributed by atoms with Gasteiger partial charge in [-0.2, -0.15) is 13.2 Å². The Labute approximate surface area is 781 Å².